The van der Waals surface area contributed by atoms with Crippen molar-refractivity contribution in [2.75, 3.05) is 13.1 Å². The van der Waals surface area contributed by atoms with Crippen molar-refractivity contribution in [3.63, 3.8) is 0 Å². The van der Waals surface area contributed by atoms with Gasteiger partial charge in [-0.05, 0) is 37.6 Å². The minimum Gasteiger partial charge on any atom is -0.313 e. The van der Waals surface area contributed by atoms with Crippen LogP contribution in [0.4, 0.5) is 0 Å². The molecule has 0 aromatic heterocycles. The van der Waals surface area contributed by atoms with E-state index in [1.165, 1.54) is 19.3 Å². The zero-order valence-electron chi connectivity index (χ0n) is 10.00. The van der Waals surface area contributed by atoms with E-state index in [2.05, 4.69) is 36.6 Å². The summed E-state index contributed by atoms with van der Waals surface area (Å²) < 4.78 is 0. The molecule has 0 aromatic carbocycles. The highest BCUT2D eigenvalue weighted by molar-refractivity contribution is 5.01. The van der Waals surface area contributed by atoms with Crippen LogP contribution in [0.2, 0.25) is 0 Å². The average molecular weight is 208 g/mol. The molecule has 0 aromatic rings. The Kier molecular flexibility index (Phi) is 3.81. The van der Waals surface area contributed by atoms with Crippen LogP contribution in [-0.4, -0.2) is 25.2 Å². The molecule has 0 radical (unpaired) electrons. The molecule has 2 aliphatic heterocycles. The lowest BCUT2D eigenvalue weighted by atomic mass is 9.90. The zero-order valence-corrected chi connectivity index (χ0v) is 10.00. The quantitative estimate of drug-likeness (QED) is 0.510. The van der Waals surface area contributed by atoms with Crippen LogP contribution in [0.1, 0.15) is 33.1 Å². The zero-order chi connectivity index (χ0) is 10.7. The van der Waals surface area contributed by atoms with E-state index in [9.17, 15) is 0 Å². The number of nitrogens with one attached hydrogen (secondary N) is 2. The van der Waals surface area contributed by atoms with Crippen molar-refractivity contribution < 1.29 is 0 Å². The normalized spacial score (nSPS) is 39.3. The van der Waals surface area contributed by atoms with Crippen LogP contribution >= 0.6 is 0 Å². The molecule has 15 heavy (non-hydrogen) atoms. The summed E-state index contributed by atoms with van der Waals surface area (Å²) >= 11 is 0. The monoisotopic (exact) mass is 208 g/mol. The molecule has 2 aliphatic rings. The van der Waals surface area contributed by atoms with E-state index >= 15 is 0 Å². The van der Waals surface area contributed by atoms with E-state index in [-0.39, 0.29) is 0 Å². The summed E-state index contributed by atoms with van der Waals surface area (Å²) in [7, 11) is 0. The predicted molar refractivity (Wildman–Crippen MR) is 64.9 cm³/mol. The summed E-state index contributed by atoms with van der Waals surface area (Å²) in [6.45, 7) is 6.87. The summed E-state index contributed by atoms with van der Waals surface area (Å²) in [5.41, 5.74) is 0. The SMILES string of the molecule is CC(C)C1/C=C\CNCC[C@H]2NC2CC1. The van der Waals surface area contributed by atoms with Crippen molar-refractivity contribution in [2.45, 2.75) is 45.2 Å². The van der Waals surface area contributed by atoms with Gasteiger partial charge >= 0.3 is 0 Å². The maximum absolute atomic E-state index is 3.58. The number of allylic oxidation sites excluding steroid dienone is 1. The first-order valence-corrected chi connectivity index (χ1v) is 6.41. The van der Waals surface area contributed by atoms with Crippen molar-refractivity contribution >= 4 is 0 Å². The molecular formula is C13H24N2. The van der Waals surface area contributed by atoms with E-state index in [0.717, 1.165) is 37.0 Å². The Morgan fingerprint density at radius 1 is 1.13 bits per heavy atom. The molecule has 0 amide bonds. The Labute approximate surface area is 93.5 Å². The molecule has 0 aliphatic carbocycles. The summed E-state index contributed by atoms with van der Waals surface area (Å²) in [5, 5.41) is 7.05. The van der Waals surface area contributed by atoms with Crippen LogP contribution in [0.3, 0.4) is 0 Å². The second kappa shape index (κ2) is 5.13. The van der Waals surface area contributed by atoms with Crippen molar-refractivity contribution in [2.24, 2.45) is 11.8 Å². The lowest BCUT2D eigenvalue weighted by molar-refractivity contribution is 0.421. The molecule has 2 rings (SSSR count). The maximum atomic E-state index is 3.58. The van der Waals surface area contributed by atoms with Crippen LogP contribution in [0.5, 0.6) is 0 Å². The number of rotatable bonds is 1. The summed E-state index contributed by atoms with van der Waals surface area (Å²) in [5.74, 6) is 1.55. The fraction of sp³-hybridized carbons (Fsp3) is 0.846. The van der Waals surface area contributed by atoms with E-state index in [0.29, 0.717) is 0 Å². The second-order valence-electron chi connectivity index (χ2n) is 5.29. The Morgan fingerprint density at radius 2 is 1.93 bits per heavy atom. The second-order valence-corrected chi connectivity index (χ2v) is 5.29. The first-order valence-electron chi connectivity index (χ1n) is 6.41. The van der Waals surface area contributed by atoms with Gasteiger partial charge in [0.05, 0.1) is 0 Å². The predicted octanol–water partition coefficient (Wildman–Crippen LogP) is 1.93. The van der Waals surface area contributed by atoms with Crippen LogP contribution in [0.15, 0.2) is 12.2 Å². The van der Waals surface area contributed by atoms with Gasteiger partial charge in [-0.25, -0.2) is 0 Å². The van der Waals surface area contributed by atoms with Gasteiger partial charge < -0.3 is 10.6 Å². The van der Waals surface area contributed by atoms with E-state index in [4.69, 9.17) is 0 Å². The highest BCUT2D eigenvalue weighted by Gasteiger charge is 2.35. The van der Waals surface area contributed by atoms with Crippen LogP contribution < -0.4 is 10.6 Å². The standard InChI is InChI=1S/C13H24N2/c1-10(2)11-4-3-8-14-9-7-13-12(15-13)6-5-11/h3-4,10-15H,5-9H2,1-2H3/b4-3-/t11?,12?,13-/m1/s1. The summed E-state index contributed by atoms with van der Waals surface area (Å²) in [6.07, 6.45) is 8.74. The van der Waals surface area contributed by atoms with Crippen molar-refractivity contribution in [3.05, 3.63) is 12.2 Å². The van der Waals surface area contributed by atoms with E-state index in [1.54, 1.807) is 0 Å². The molecular weight excluding hydrogens is 184 g/mol. The average Bonchev–Trinajstić information content (AvgIpc) is 2.91. The fourth-order valence-electron chi connectivity index (χ4n) is 2.50. The Bertz CT molecular complexity index is 223. The molecule has 2 unspecified atom stereocenters. The van der Waals surface area contributed by atoms with Crippen molar-refractivity contribution in [3.8, 4) is 0 Å². The summed E-state index contributed by atoms with van der Waals surface area (Å²) in [6, 6.07) is 1.63. The molecule has 0 spiro atoms. The molecule has 1 saturated heterocycles. The third kappa shape index (κ3) is 3.32. The van der Waals surface area contributed by atoms with Gasteiger partial charge in [0.25, 0.3) is 0 Å². The number of fused-ring (bicyclic) bond motifs is 1. The summed E-state index contributed by atoms with van der Waals surface area (Å²) in [4.78, 5) is 0. The third-order valence-electron chi connectivity index (χ3n) is 3.75. The molecule has 2 heterocycles. The molecule has 0 bridgehead atoms. The highest BCUT2D eigenvalue weighted by atomic mass is 15.1. The topological polar surface area (TPSA) is 34.0 Å². The smallest absolute Gasteiger partial charge is 0.0236 e. The highest BCUT2D eigenvalue weighted by Crippen LogP contribution is 2.26. The maximum Gasteiger partial charge on any atom is 0.0236 e. The van der Waals surface area contributed by atoms with E-state index < -0.39 is 0 Å². The van der Waals surface area contributed by atoms with Crippen LogP contribution in [0.25, 0.3) is 0 Å². The van der Waals surface area contributed by atoms with Gasteiger partial charge in [-0.15, -0.1) is 0 Å². The molecule has 2 N–H and O–H groups in total. The molecule has 3 atom stereocenters. The van der Waals surface area contributed by atoms with E-state index in [1.807, 2.05) is 0 Å². The van der Waals surface area contributed by atoms with Crippen LogP contribution in [-0.2, 0) is 0 Å². The minimum absolute atomic E-state index is 0.771. The lowest BCUT2D eigenvalue weighted by Crippen LogP contribution is -2.17. The molecule has 1 fully saturated rings. The van der Waals surface area contributed by atoms with Crippen molar-refractivity contribution in [1.82, 2.24) is 10.6 Å². The first-order chi connectivity index (χ1) is 7.27. The molecule has 2 nitrogen and oxygen atoms in total. The van der Waals surface area contributed by atoms with Crippen molar-refractivity contribution in [1.29, 1.82) is 0 Å². The fourth-order valence-corrected chi connectivity index (χ4v) is 2.50. The van der Waals surface area contributed by atoms with Gasteiger partial charge in [-0.2, -0.15) is 0 Å². The molecule has 0 saturated carbocycles. The number of hydrogen-bond acceptors (Lipinski definition) is 2. The molecule has 2 heteroatoms. The Hall–Kier alpha value is -0.340. The first kappa shape index (κ1) is 11.2. The minimum atomic E-state index is 0.771. The lowest BCUT2D eigenvalue weighted by Gasteiger charge is -2.16. The van der Waals surface area contributed by atoms with Gasteiger partial charge in [0.2, 0.25) is 0 Å². The van der Waals surface area contributed by atoms with Gasteiger partial charge in [-0.3, -0.25) is 0 Å². The Morgan fingerprint density at radius 3 is 2.73 bits per heavy atom. The van der Waals surface area contributed by atoms with Gasteiger partial charge in [0, 0.05) is 18.6 Å². The van der Waals surface area contributed by atoms with Gasteiger partial charge in [0.15, 0.2) is 0 Å². The molecule has 86 valence electrons. The third-order valence-corrected chi connectivity index (χ3v) is 3.75. The largest absolute Gasteiger partial charge is 0.313 e. The van der Waals surface area contributed by atoms with Gasteiger partial charge in [0.1, 0.15) is 0 Å². The van der Waals surface area contributed by atoms with Crippen LogP contribution in [0, 0.1) is 11.8 Å². The Balaban J connectivity index is 1.88. The number of hydrogen-bond donors (Lipinski definition) is 2. The van der Waals surface area contributed by atoms with Gasteiger partial charge in [-0.1, -0.05) is 26.0 Å².